The highest BCUT2D eigenvalue weighted by Crippen LogP contribution is 2.23. The van der Waals surface area contributed by atoms with E-state index in [0.29, 0.717) is 22.2 Å². The van der Waals surface area contributed by atoms with Gasteiger partial charge in [0.1, 0.15) is 0 Å². The second-order valence-electron chi connectivity index (χ2n) is 3.83. The zero-order valence-corrected chi connectivity index (χ0v) is 11.0. The van der Waals surface area contributed by atoms with Gasteiger partial charge in [0.05, 0.1) is 6.04 Å². The Hall–Kier alpha value is -0.380. The SMILES string of the molecule is CCCNC(Cc1cc(Cl)ccc1Cl)C(F)F. The first-order chi connectivity index (χ1) is 8.04. The molecule has 1 rings (SSSR count). The van der Waals surface area contributed by atoms with E-state index in [-0.39, 0.29) is 6.42 Å². The van der Waals surface area contributed by atoms with Crippen molar-refractivity contribution >= 4 is 23.2 Å². The van der Waals surface area contributed by atoms with Crippen LogP contribution in [0.15, 0.2) is 18.2 Å². The van der Waals surface area contributed by atoms with E-state index >= 15 is 0 Å². The van der Waals surface area contributed by atoms with Gasteiger partial charge in [-0.3, -0.25) is 0 Å². The summed E-state index contributed by atoms with van der Waals surface area (Å²) in [6.07, 6.45) is -1.43. The Morgan fingerprint density at radius 3 is 2.59 bits per heavy atom. The molecule has 0 aliphatic heterocycles. The first-order valence-electron chi connectivity index (χ1n) is 5.50. The first kappa shape index (κ1) is 14.7. The summed E-state index contributed by atoms with van der Waals surface area (Å²) in [7, 11) is 0. The second-order valence-corrected chi connectivity index (χ2v) is 4.68. The molecule has 0 heterocycles. The number of rotatable bonds is 6. The van der Waals surface area contributed by atoms with E-state index in [4.69, 9.17) is 23.2 Å². The standard InChI is InChI=1S/C12H15Cl2F2N/c1-2-5-17-11(12(15)16)7-8-6-9(13)3-4-10(8)14/h3-4,6,11-12,17H,2,5,7H2,1H3. The van der Waals surface area contributed by atoms with Crippen molar-refractivity contribution in [3.63, 3.8) is 0 Å². The summed E-state index contributed by atoms with van der Waals surface area (Å²) < 4.78 is 25.6. The van der Waals surface area contributed by atoms with Crippen LogP contribution in [-0.4, -0.2) is 19.0 Å². The first-order valence-corrected chi connectivity index (χ1v) is 6.25. The quantitative estimate of drug-likeness (QED) is 0.825. The molecule has 0 saturated carbocycles. The molecular formula is C12H15Cl2F2N. The molecular weight excluding hydrogens is 267 g/mol. The van der Waals surface area contributed by atoms with Crippen molar-refractivity contribution in [3.05, 3.63) is 33.8 Å². The summed E-state index contributed by atoms with van der Waals surface area (Å²) in [4.78, 5) is 0. The Balaban J connectivity index is 2.74. The van der Waals surface area contributed by atoms with E-state index in [2.05, 4.69) is 5.32 Å². The van der Waals surface area contributed by atoms with Gasteiger partial charge in [-0.15, -0.1) is 0 Å². The molecule has 0 saturated heterocycles. The third-order valence-corrected chi connectivity index (χ3v) is 3.01. The monoisotopic (exact) mass is 281 g/mol. The number of alkyl halides is 2. The maximum Gasteiger partial charge on any atom is 0.254 e. The molecule has 0 radical (unpaired) electrons. The molecule has 1 nitrogen and oxygen atoms in total. The molecule has 0 fully saturated rings. The fourth-order valence-electron chi connectivity index (χ4n) is 1.52. The molecule has 0 amide bonds. The van der Waals surface area contributed by atoms with Crippen molar-refractivity contribution in [1.29, 1.82) is 0 Å². The maximum absolute atomic E-state index is 12.8. The predicted octanol–water partition coefficient (Wildman–Crippen LogP) is 4.17. The minimum atomic E-state index is -2.42. The van der Waals surface area contributed by atoms with E-state index < -0.39 is 12.5 Å². The topological polar surface area (TPSA) is 12.0 Å². The summed E-state index contributed by atoms with van der Waals surface area (Å²) in [5, 5.41) is 3.79. The highest BCUT2D eigenvalue weighted by atomic mass is 35.5. The van der Waals surface area contributed by atoms with Crippen LogP contribution in [0.2, 0.25) is 10.0 Å². The molecule has 0 aliphatic rings. The number of benzene rings is 1. The van der Waals surface area contributed by atoms with Crippen LogP contribution >= 0.6 is 23.2 Å². The zero-order chi connectivity index (χ0) is 12.8. The van der Waals surface area contributed by atoms with Crippen molar-refractivity contribution in [2.45, 2.75) is 32.2 Å². The van der Waals surface area contributed by atoms with E-state index in [1.807, 2.05) is 6.92 Å². The Labute approximate surface area is 110 Å². The van der Waals surface area contributed by atoms with Crippen LogP contribution in [0, 0.1) is 0 Å². The van der Waals surface area contributed by atoms with Crippen molar-refractivity contribution in [3.8, 4) is 0 Å². The maximum atomic E-state index is 12.8. The molecule has 17 heavy (non-hydrogen) atoms. The van der Waals surface area contributed by atoms with Crippen LogP contribution in [0.4, 0.5) is 8.78 Å². The lowest BCUT2D eigenvalue weighted by Crippen LogP contribution is -2.38. The van der Waals surface area contributed by atoms with Crippen LogP contribution in [0.25, 0.3) is 0 Å². The Bertz CT molecular complexity index is 358. The average molecular weight is 282 g/mol. The zero-order valence-electron chi connectivity index (χ0n) is 9.52. The summed E-state index contributed by atoms with van der Waals surface area (Å²) >= 11 is 11.8. The average Bonchev–Trinajstić information content (AvgIpc) is 2.28. The van der Waals surface area contributed by atoms with Gasteiger partial charge in [-0.2, -0.15) is 0 Å². The third kappa shape index (κ3) is 4.78. The fraction of sp³-hybridized carbons (Fsp3) is 0.500. The van der Waals surface area contributed by atoms with Crippen LogP contribution in [0.3, 0.4) is 0 Å². The molecule has 0 aromatic heterocycles. The smallest absolute Gasteiger partial charge is 0.254 e. The number of halogens is 4. The molecule has 1 unspecified atom stereocenters. The summed E-state index contributed by atoms with van der Waals surface area (Å²) in [5.74, 6) is 0. The van der Waals surface area contributed by atoms with Crippen molar-refractivity contribution in [2.75, 3.05) is 6.54 Å². The number of nitrogens with one attached hydrogen (secondary N) is 1. The van der Waals surface area contributed by atoms with Crippen molar-refractivity contribution in [2.24, 2.45) is 0 Å². The van der Waals surface area contributed by atoms with Gasteiger partial charge in [-0.1, -0.05) is 30.1 Å². The van der Waals surface area contributed by atoms with Crippen LogP contribution in [0.1, 0.15) is 18.9 Å². The Kier molecular flexibility index (Phi) is 6.17. The largest absolute Gasteiger partial charge is 0.309 e. The summed E-state index contributed by atoms with van der Waals surface area (Å²) in [5.41, 5.74) is 0.646. The molecule has 1 aromatic rings. The molecule has 1 atom stereocenters. The van der Waals surface area contributed by atoms with Gasteiger partial charge in [-0.25, -0.2) is 8.78 Å². The van der Waals surface area contributed by atoms with Crippen LogP contribution < -0.4 is 5.32 Å². The van der Waals surface area contributed by atoms with E-state index in [0.717, 1.165) is 6.42 Å². The highest BCUT2D eigenvalue weighted by molar-refractivity contribution is 6.33. The molecule has 0 spiro atoms. The Morgan fingerprint density at radius 1 is 1.29 bits per heavy atom. The minimum absolute atomic E-state index is 0.178. The molecule has 1 aromatic carbocycles. The van der Waals surface area contributed by atoms with Gasteiger partial charge in [0.25, 0.3) is 6.43 Å². The molecule has 5 heteroatoms. The predicted molar refractivity (Wildman–Crippen MR) is 68.3 cm³/mol. The lowest BCUT2D eigenvalue weighted by Gasteiger charge is -2.18. The lowest BCUT2D eigenvalue weighted by atomic mass is 10.1. The van der Waals surface area contributed by atoms with Gasteiger partial charge >= 0.3 is 0 Å². The van der Waals surface area contributed by atoms with Crippen LogP contribution in [0.5, 0.6) is 0 Å². The summed E-state index contributed by atoms with van der Waals surface area (Å²) in [6.45, 7) is 2.50. The highest BCUT2D eigenvalue weighted by Gasteiger charge is 2.20. The van der Waals surface area contributed by atoms with E-state index in [1.165, 1.54) is 0 Å². The van der Waals surface area contributed by atoms with Gasteiger partial charge in [0.15, 0.2) is 0 Å². The molecule has 1 N–H and O–H groups in total. The molecule has 0 bridgehead atoms. The third-order valence-electron chi connectivity index (χ3n) is 2.41. The van der Waals surface area contributed by atoms with Gasteiger partial charge in [0.2, 0.25) is 0 Å². The Morgan fingerprint density at radius 2 is 2.00 bits per heavy atom. The van der Waals surface area contributed by atoms with Crippen molar-refractivity contribution < 1.29 is 8.78 Å². The summed E-state index contributed by atoms with van der Waals surface area (Å²) in [6, 6.07) is 4.02. The normalized spacial score (nSPS) is 13.1. The number of hydrogen-bond donors (Lipinski definition) is 1. The molecule has 96 valence electrons. The minimum Gasteiger partial charge on any atom is -0.309 e. The number of hydrogen-bond acceptors (Lipinski definition) is 1. The lowest BCUT2D eigenvalue weighted by molar-refractivity contribution is 0.0983. The van der Waals surface area contributed by atoms with E-state index in [1.54, 1.807) is 18.2 Å². The van der Waals surface area contributed by atoms with Crippen molar-refractivity contribution in [1.82, 2.24) is 5.32 Å². The second kappa shape index (κ2) is 7.14. The fourth-order valence-corrected chi connectivity index (χ4v) is 1.91. The van der Waals surface area contributed by atoms with Gasteiger partial charge in [0, 0.05) is 10.0 Å². The van der Waals surface area contributed by atoms with Gasteiger partial charge < -0.3 is 5.32 Å². The van der Waals surface area contributed by atoms with E-state index in [9.17, 15) is 8.78 Å². The van der Waals surface area contributed by atoms with Crippen LogP contribution in [-0.2, 0) is 6.42 Å². The molecule has 0 aliphatic carbocycles. The van der Waals surface area contributed by atoms with Gasteiger partial charge in [-0.05, 0) is 43.1 Å².